The molecular weight excluding hydrogens is 448 g/mol. The normalized spacial score (nSPS) is 54.3. The number of cyclic esters (lactones) is 1. The maximum atomic E-state index is 13.3. The molecule has 2 heterocycles. The summed E-state index contributed by atoms with van der Waals surface area (Å²) in [7, 11) is 0. The monoisotopic (exact) mass is 486 g/mol. The average Bonchev–Trinajstić information content (AvgIpc) is 3.47. The molecular formula is C28H38O7. The van der Waals surface area contributed by atoms with Gasteiger partial charge in [0.05, 0.1) is 11.5 Å². The number of carbonyl (C=O) groups is 2. The standard InChI is InChI=1S/C28H38O7/c1-14-12-21(34-23(31)15(14)2)26(5,32)27(33)11-9-17-16-13-22-28(35-22)20(30)7-6-19(29)25(28,4)18(16)8-10-24(17,27)3/h6-7,16-18,20-22,30,32-33H,8-13H2,1-5H3/t16-,17-,18-,20-,21+,22+,24-,25-,26-,27+,28+/m0/s1. The minimum atomic E-state index is -1.63. The van der Waals surface area contributed by atoms with Crippen molar-refractivity contribution in [2.75, 3.05) is 0 Å². The molecule has 192 valence electrons. The smallest absolute Gasteiger partial charge is 0.334 e. The lowest BCUT2D eigenvalue weighted by Gasteiger charge is -2.60. The second-order valence-corrected chi connectivity index (χ2v) is 12.9. The summed E-state index contributed by atoms with van der Waals surface area (Å²) >= 11 is 0. The van der Waals surface area contributed by atoms with Gasteiger partial charge >= 0.3 is 5.97 Å². The van der Waals surface area contributed by atoms with E-state index in [1.165, 1.54) is 6.08 Å². The fourth-order valence-electron chi connectivity index (χ4n) is 9.48. The van der Waals surface area contributed by atoms with Crippen molar-refractivity contribution in [2.24, 2.45) is 28.6 Å². The fourth-order valence-corrected chi connectivity index (χ4v) is 9.48. The van der Waals surface area contributed by atoms with Gasteiger partial charge in [-0.05, 0) is 89.7 Å². The summed E-state index contributed by atoms with van der Waals surface area (Å²) in [4.78, 5) is 25.8. The first-order valence-corrected chi connectivity index (χ1v) is 13.2. The Labute approximate surface area is 206 Å². The quantitative estimate of drug-likeness (QED) is 0.406. The van der Waals surface area contributed by atoms with Gasteiger partial charge in [0.15, 0.2) is 5.78 Å². The van der Waals surface area contributed by atoms with Gasteiger partial charge < -0.3 is 24.8 Å². The molecule has 0 unspecified atom stereocenters. The van der Waals surface area contributed by atoms with E-state index in [9.17, 15) is 24.9 Å². The van der Waals surface area contributed by atoms with Crippen molar-refractivity contribution in [3.63, 3.8) is 0 Å². The largest absolute Gasteiger partial charge is 0.455 e. The van der Waals surface area contributed by atoms with Crippen LogP contribution in [0, 0.1) is 28.6 Å². The molecule has 7 heteroatoms. The number of aliphatic hydroxyl groups is 3. The molecule has 0 aromatic carbocycles. The zero-order valence-electron chi connectivity index (χ0n) is 21.3. The molecule has 1 saturated heterocycles. The van der Waals surface area contributed by atoms with Gasteiger partial charge in [-0.25, -0.2) is 4.79 Å². The van der Waals surface area contributed by atoms with Gasteiger partial charge in [-0.2, -0.15) is 0 Å². The predicted octanol–water partition coefficient (Wildman–Crippen LogP) is 2.61. The van der Waals surface area contributed by atoms with E-state index in [1.807, 2.05) is 13.8 Å². The summed E-state index contributed by atoms with van der Waals surface area (Å²) in [5.41, 5.74) is -3.85. The number of ketones is 1. The fraction of sp³-hybridized carbons (Fsp3) is 0.786. The molecule has 1 spiro atoms. The van der Waals surface area contributed by atoms with Crippen LogP contribution in [0.4, 0.5) is 0 Å². The summed E-state index contributed by atoms with van der Waals surface area (Å²) in [5.74, 6) is -0.138. The number of esters is 1. The van der Waals surface area contributed by atoms with E-state index in [-0.39, 0.29) is 29.6 Å². The van der Waals surface area contributed by atoms with Crippen molar-refractivity contribution in [1.82, 2.24) is 0 Å². The number of hydrogen-bond acceptors (Lipinski definition) is 7. The topological polar surface area (TPSA) is 117 Å². The third kappa shape index (κ3) is 2.51. The summed E-state index contributed by atoms with van der Waals surface area (Å²) in [6.45, 7) is 9.28. The highest BCUT2D eigenvalue weighted by Crippen LogP contribution is 2.74. The molecule has 7 nitrogen and oxygen atoms in total. The molecule has 6 aliphatic rings. The molecule has 0 amide bonds. The molecule has 35 heavy (non-hydrogen) atoms. The molecule has 4 fully saturated rings. The van der Waals surface area contributed by atoms with E-state index in [0.717, 1.165) is 18.4 Å². The Kier molecular flexibility index (Phi) is 4.67. The van der Waals surface area contributed by atoms with Gasteiger partial charge in [-0.15, -0.1) is 0 Å². The summed E-state index contributed by atoms with van der Waals surface area (Å²) in [6.07, 6.45) is 4.94. The highest BCUT2D eigenvalue weighted by molar-refractivity contribution is 5.98. The third-order valence-electron chi connectivity index (χ3n) is 11.9. The maximum Gasteiger partial charge on any atom is 0.334 e. The van der Waals surface area contributed by atoms with E-state index >= 15 is 0 Å². The van der Waals surface area contributed by atoms with Crippen LogP contribution < -0.4 is 0 Å². The average molecular weight is 487 g/mol. The van der Waals surface area contributed by atoms with Crippen LogP contribution in [-0.2, 0) is 19.1 Å². The summed E-state index contributed by atoms with van der Waals surface area (Å²) in [6, 6.07) is 0. The lowest BCUT2D eigenvalue weighted by atomic mass is 9.43. The molecule has 0 aromatic rings. The van der Waals surface area contributed by atoms with Gasteiger partial charge in [-0.1, -0.05) is 12.5 Å². The second-order valence-electron chi connectivity index (χ2n) is 12.9. The Morgan fingerprint density at radius 2 is 1.80 bits per heavy atom. The molecule has 3 N–H and O–H groups in total. The molecule has 4 aliphatic carbocycles. The zero-order valence-corrected chi connectivity index (χ0v) is 21.3. The van der Waals surface area contributed by atoms with E-state index in [1.54, 1.807) is 19.9 Å². The molecule has 2 aliphatic heterocycles. The van der Waals surface area contributed by atoms with Crippen molar-refractivity contribution in [3.05, 3.63) is 23.3 Å². The molecule has 3 saturated carbocycles. The number of rotatable bonds is 2. The van der Waals surface area contributed by atoms with E-state index in [0.29, 0.717) is 31.3 Å². The predicted molar refractivity (Wildman–Crippen MR) is 126 cm³/mol. The zero-order chi connectivity index (χ0) is 25.3. The van der Waals surface area contributed by atoms with Crippen molar-refractivity contribution in [1.29, 1.82) is 0 Å². The lowest BCUT2D eigenvalue weighted by molar-refractivity contribution is -0.253. The summed E-state index contributed by atoms with van der Waals surface area (Å²) in [5, 5.41) is 35.1. The van der Waals surface area contributed by atoms with Gasteiger partial charge in [0.2, 0.25) is 0 Å². The van der Waals surface area contributed by atoms with Crippen LogP contribution in [0.5, 0.6) is 0 Å². The number of carbonyl (C=O) groups excluding carboxylic acids is 2. The van der Waals surface area contributed by atoms with Gasteiger partial charge in [0.1, 0.15) is 29.0 Å². The molecule has 6 rings (SSSR count). The van der Waals surface area contributed by atoms with E-state index in [4.69, 9.17) is 9.47 Å². The minimum absolute atomic E-state index is 0.0237. The van der Waals surface area contributed by atoms with Crippen LogP contribution in [0.3, 0.4) is 0 Å². The van der Waals surface area contributed by atoms with Crippen molar-refractivity contribution in [2.45, 2.75) is 108 Å². The number of fused-ring (bicyclic) bond motifs is 4. The van der Waals surface area contributed by atoms with Crippen LogP contribution >= 0.6 is 0 Å². The first-order valence-electron chi connectivity index (χ1n) is 13.2. The number of aliphatic hydroxyl groups excluding tert-OH is 1. The van der Waals surface area contributed by atoms with E-state index < -0.39 is 45.8 Å². The molecule has 0 radical (unpaired) electrons. The second kappa shape index (κ2) is 6.85. The highest BCUT2D eigenvalue weighted by atomic mass is 16.6. The number of allylic oxidation sites excluding steroid dienone is 1. The summed E-state index contributed by atoms with van der Waals surface area (Å²) < 4.78 is 11.9. The van der Waals surface area contributed by atoms with Crippen molar-refractivity contribution < 1.29 is 34.4 Å². The van der Waals surface area contributed by atoms with Crippen LogP contribution in [0.1, 0.15) is 73.1 Å². The van der Waals surface area contributed by atoms with Crippen molar-refractivity contribution in [3.8, 4) is 0 Å². The molecule has 0 aromatic heterocycles. The molecule has 11 atom stereocenters. The Bertz CT molecular complexity index is 1080. The third-order valence-corrected chi connectivity index (χ3v) is 11.9. The van der Waals surface area contributed by atoms with Crippen LogP contribution in [0.15, 0.2) is 23.3 Å². The number of hydrogen-bond donors (Lipinski definition) is 3. The van der Waals surface area contributed by atoms with Crippen LogP contribution in [-0.4, -0.2) is 62.2 Å². The number of epoxide rings is 1. The van der Waals surface area contributed by atoms with Gasteiger partial charge in [0.25, 0.3) is 0 Å². The van der Waals surface area contributed by atoms with Crippen molar-refractivity contribution >= 4 is 11.8 Å². The Morgan fingerprint density at radius 3 is 2.49 bits per heavy atom. The van der Waals surface area contributed by atoms with Gasteiger partial charge in [-0.3, -0.25) is 4.79 Å². The Morgan fingerprint density at radius 1 is 1.11 bits per heavy atom. The Hall–Kier alpha value is -1.54. The minimum Gasteiger partial charge on any atom is -0.455 e. The van der Waals surface area contributed by atoms with Crippen LogP contribution in [0.2, 0.25) is 0 Å². The van der Waals surface area contributed by atoms with E-state index in [2.05, 4.69) is 6.92 Å². The SMILES string of the molecule is CC1=C(C)C(=O)O[C@@H]([C@](C)(O)[C@@]2(O)CC[C@H]3[C@@H]4C[C@H]5O[C@]56[C@@H](O)C=CC(=O)[C@]6(C)[C@H]4CC[C@@]32C)C1. The Balaban J connectivity index is 1.35. The van der Waals surface area contributed by atoms with Gasteiger partial charge in [0, 0.05) is 17.4 Å². The van der Waals surface area contributed by atoms with Crippen LogP contribution in [0.25, 0.3) is 0 Å². The number of ether oxygens (including phenoxy) is 2. The first kappa shape index (κ1) is 23.8. The highest BCUT2D eigenvalue weighted by Gasteiger charge is 2.81. The lowest BCUT2D eigenvalue weighted by Crippen LogP contribution is -2.69. The maximum absolute atomic E-state index is 13.3. The first-order chi connectivity index (χ1) is 16.3. The molecule has 0 bridgehead atoms.